The monoisotopic (exact) mass is 296 g/mol. The number of benzene rings is 1. The van der Waals surface area contributed by atoms with Crippen molar-refractivity contribution in [1.29, 1.82) is 0 Å². The van der Waals surface area contributed by atoms with E-state index >= 15 is 0 Å². The molecule has 1 aromatic carbocycles. The molecule has 0 aliphatic carbocycles. The van der Waals surface area contributed by atoms with Gasteiger partial charge in [-0.1, -0.05) is 36.3 Å². The zero-order valence-corrected chi connectivity index (χ0v) is 13.5. The van der Waals surface area contributed by atoms with Crippen LogP contribution in [0, 0.1) is 12.8 Å². The van der Waals surface area contributed by atoms with E-state index in [1.165, 1.54) is 5.57 Å². The molecule has 4 heteroatoms. The van der Waals surface area contributed by atoms with Crippen molar-refractivity contribution in [1.82, 2.24) is 0 Å². The summed E-state index contributed by atoms with van der Waals surface area (Å²) in [6.07, 6.45) is 3.85. The Morgan fingerprint density at radius 2 is 1.85 bits per heavy atom. The van der Waals surface area contributed by atoms with E-state index in [1.807, 2.05) is 6.92 Å². The fourth-order valence-electron chi connectivity index (χ4n) is 2.00. The van der Waals surface area contributed by atoms with Crippen LogP contribution in [0.2, 0.25) is 0 Å². The Morgan fingerprint density at radius 3 is 2.40 bits per heavy atom. The topological polar surface area (TPSA) is 43.4 Å². The first-order chi connectivity index (χ1) is 9.31. The molecule has 3 nitrogen and oxygen atoms in total. The minimum atomic E-state index is -3.61. The smallest absolute Gasteiger partial charge is 0.266 e. The van der Waals surface area contributed by atoms with Gasteiger partial charge >= 0.3 is 0 Å². The summed E-state index contributed by atoms with van der Waals surface area (Å²) in [5.41, 5.74) is 2.31. The van der Waals surface area contributed by atoms with E-state index in [2.05, 4.69) is 26.8 Å². The zero-order chi connectivity index (χ0) is 15.2. The van der Waals surface area contributed by atoms with Gasteiger partial charge < -0.3 is 0 Å². The number of hydrogen-bond donors (Lipinski definition) is 0. The summed E-state index contributed by atoms with van der Waals surface area (Å²) in [7, 11) is -3.61. The molecule has 0 heterocycles. The molecule has 0 bridgehead atoms. The van der Waals surface area contributed by atoms with Crippen molar-refractivity contribution in [3.05, 3.63) is 41.5 Å². The van der Waals surface area contributed by atoms with E-state index in [0.717, 1.165) is 18.4 Å². The zero-order valence-electron chi connectivity index (χ0n) is 12.7. The summed E-state index contributed by atoms with van der Waals surface area (Å²) in [5, 5.41) is 0. The predicted octanol–water partition coefficient (Wildman–Crippen LogP) is 4.08. The van der Waals surface area contributed by atoms with E-state index in [4.69, 9.17) is 4.18 Å². The number of allylic oxidation sites excluding steroid dienone is 2. The van der Waals surface area contributed by atoms with Crippen LogP contribution in [0.1, 0.15) is 39.2 Å². The van der Waals surface area contributed by atoms with Crippen molar-refractivity contribution in [2.24, 2.45) is 5.92 Å². The Kier molecular flexibility index (Phi) is 6.43. The van der Waals surface area contributed by atoms with Crippen molar-refractivity contribution in [2.45, 2.75) is 45.4 Å². The second-order valence-electron chi connectivity index (χ2n) is 5.45. The third-order valence-electron chi connectivity index (χ3n) is 2.97. The Morgan fingerprint density at radius 1 is 1.25 bits per heavy atom. The molecule has 1 atom stereocenters. The van der Waals surface area contributed by atoms with Crippen molar-refractivity contribution < 1.29 is 12.6 Å². The van der Waals surface area contributed by atoms with Gasteiger partial charge in [0.25, 0.3) is 10.1 Å². The van der Waals surface area contributed by atoms with Gasteiger partial charge in [-0.2, -0.15) is 8.42 Å². The molecule has 0 aliphatic heterocycles. The maximum atomic E-state index is 11.9. The second-order valence-corrected chi connectivity index (χ2v) is 7.07. The van der Waals surface area contributed by atoms with Crippen molar-refractivity contribution in [2.75, 3.05) is 6.61 Å². The van der Waals surface area contributed by atoms with E-state index in [9.17, 15) is 8.42 Å². The highest BCUT2D eigenvalue weighted by molar-refractivity contribution is 7.86. The van der Waals surface area contributed by atoms with E-state index < -0.39 is 10.1 Å². The predicted molar refractivity (Wildman–Crippen MR) is 82.1 cm³/mol. The molecule has 0 amide bonds. The van der Waals surface area contributed by atoms with Crippen LogP contribution in [0.15, 0.2) is 40.8 Å². The second kappa shape index (κ2) is 7.60. The van der Waals surface area contributed by atoms with Crippen LogP contribution >= 0.6 is 0 Å². The highest BCUT2D eigenvalue weighted by Gasteiger charge is 2.14. The van der Waals surface area contributed by atoms with Gasteiger partial charge in [0.15, 0.2) is 0 Å². The van der Waals surface area contributed by atoms with E-state index in [-0.39, 0.29) is 11.5 Å². The lowest BCUT2D eigenvalue weighted by Gasteiger charge is -2.08. The first kappa shape index (κ1) is 16.9. The molecule has 0 spiro atoms. The van der Waals surface area contributed by atoms with Crippen LogP contribution in [-0.4, -0.2) is 15.0 Å². The van der Waals surface area contributed by atoms with Crippen LogP contribution in [0.5, 0.6) is 0 Å². The van der Waals surface area contributed by atoms with Crippen LogP contribution in [0.25, 0.3) is 0 Å². The lowest BCUT2D eigenvalue weighted by molar-refractivity contribution is 0.303. The molecule has 0 saturated carbocycles. The third kappa shape index (κ3) is 5.88. The van der Waals surface area contributed by atoms with Crippen LogP contribution in [0.4, 0.5) is 0 Å². The minimum absolute atomic E-state index is 0.223. The van der Waals surface area contributed by atoms with Crippen LogP contribution < -0.4 is 0 Å². The molecule has 0 aliphatic rings. The van der Waals surface area contributed by atoms with Gasteiger partial charge in [0.2, 0.25) is 0 Å². The average molecular weight is 296 g/mol. The largest absolute Gasteiger partial charge is 0.296 e. The molecule has 0 fully saturated rings. The first-order valence-corrected chi connectivity index (χ1v) is 8.33. The van der Waals surface area contributed by atoms with Crippen molar-refractivity contribution in [3.8, 4) is 0 Å². The number of aryl methyl sites for hydroxylation is 1. The molecule has 0 N–H and O–H groups in total. The standard InChI is InChI=1S/C16H24O3S/c1-13(2)12-15(4)6-5-11-19-20(17,18)16-9-7-14(3)8-10-16/h7-10,12,15H,5-6,11H2,1-4H3. The first-order valence-electron chi connectivity index (χ1n) is 6.92. The lowest BCUT2D eigenvalue weighted by Crippen LogP contribution is -2.08. The Hall–Kier alpha value is -1.13. The molecule has 0 saturated heterocycles. The highest BCUT2D eigenvalue weighted by Crippen LogP contribution is 2.15. The normalized spacial score (nSPS) is 13.0. The molecule has 112 valence electrons. The van der Waals surface area contributed by atoms with Gasteiger partial charge in [0, 0.05) is 0 Å². The molecule has 1 aromatic rings. The summed E-state index contributed by atoms with van der Waals surface area (Å²) in [6.45, 7) is 8.41. The molecular weight excluding hydrogens is 272 g/mol. The van der Waals surface area contributed by atoms with Gasteiger partial charge in [0.05, 0.1) is 11.5 Å². The lowest BCUT2D eigenvalue weighted by atomic mass is 10.0. The van der Waals surface area contributed by atoms with Gasteiger partial charge in [-0.15, -0.1) is 0 Å². The quantitative estimate of drug-likeness (QED) is 0.432. The summed E-state index contributed by atoms with van der Waals surface area (Å²) in [5.74, 6) is 0.450. The summed E-state index contributed by atoms with van der Waals surface area (Å²) in [6, 6.07) is 6.70. The summed E-state index contributed by atoms with van der Waals surface area (Å²) >= 11 is 0. The fourth-order valence-corrected chi connectivity index (χ4v) is 2.94. The minimum Gasteiger partial charge on any atom is -0.266 e. The Labute approximate surface area is 122 Å². The van der Waals surface area contributed by atoms with Crippen LogP contribution in [-0.2, 0) is 14.3 Å². The van der Waals surface area contributed by atoms with Crippen molar-refractivity contribution in [3.63, 3.8) is 0 Å². The Bertz CT molecular complexity index is 538. The molecule has 1 rings (SSSR count). The summed E-state index contributed by atoms with van der Waals surface area (Å²) < 4.78 is 28.9. The number of hydrogen-bond acceptors (Lipinski definition) is 3. The SMILES string of the molecule is CC(C)=CC(C)CCCOS(=O)(=O)c1ccc(C)cc1. The molecule has 20 heavy (non-hydrogen) atoms. The summed E-state index contributed by atoms with van der Waals surface area (Å²) in [4.78, 5) is 0.223. The maximum absolute atomic E-state index is 11.9. The molecule has 0 aromatic heterocycles. The average Bonchev–Trinajstić information content (AvgIpc) is 2.34. The van der Waals surface area contributed by atoms with Gasteiger partial charge in [0.1, 0.15) is 0 Å². The third-order valence-corrected chi connectivity index (χ3v) is 4.30. The van der Waals surface area contributed by atoms with E-state index in [1.54, 1.807) is 24.3 Å². The Balaban J connectivity index is 2.45. The van der Waals surface area contributed by atoms with Gasteiger partial charge in [-0.05, 0) is 51.7 Å². The molecular formula is C16H24O3S. The van der Waals surface area contributed by atoms with Crippen molar-refractivity contribution >= 4 is 10.1 Å². The number of rotatable bonds is 7. The van der Waals surface area contributed by atoms with Crippen LogP contribution in [0.3, 0.4) is 0 Å². The molecule has 0 radical (unpaired) electrons. The van der Waals surface area contributed by atoms with Gasteiger partial charge in [-0.3, -0.25) is 4.18 Å². The van der Waals surface area contributed by atoms with E-state index in [0.29, 0.717) is 5.92 Å². The molecule has 1 unspecified atom stereocenters. The maximum Gasteiger partial charge on any atom is 0.296 e. The highest BCUT2D eigenvalue weighted by atomic mass is 32.2. The van der Waals surface area contributed by atoms with Gasteiger partial charge in [-0.25, -0.2) is 0 Å². The fraction of sp³-hybridized carbons (Fsp3) is 0.500.